The second-order valence-electron chi connectivity index (χ2n) is 5.40. The molecule has 1 unspecified atom stereocenters. The van der Waals surface area contributed by atoms with Crippen molar-refractivity contribution in [2.24, 2.45) is 0 Å². The Kier molecular flexibility index (Phi) is 6.59. The number of phosphoric ester groups is 1. The Labute approximate surface area is 120 Å². The van der Waals surface area contributed by atoms with E-state index in [-0.39, 0.29) is 13.2 Å². The summed E-state index contributed by atoms with van der Waals surface area (Å²) in [5.74, 6) is 0. The summed E-state index contributed by atoms with van der Waals surface area (Å²) in [6, 6.07) is 9.58. The molecule has 0 amide bonds. The van der Waals surface area contributed by atoms with Crippen LogP contribution >= 0.6 is 7.82 Å². The number of nitrogens with zero attached hydrogens (tertiary/aromatic N) is 1. The van der Waals surface area contributed by atoms with Gasteiger partial charge in [-0.3, -0.25) is 4.57 Å². The molecule has 1 rings (SSSR count). The van der Waals surface area contributed by atoms with Crippen LogP contribution in [0.1, 0.15) is 5.56 Å². The van der Waals surface area contributed by atoms with Crippen LogP contribution in [0.4, 0.5) is 0 Å². The van der Waals surface area contributed by atoms with Gasteiger partial charge in [-0.1, -0.05) is 42.5 Å². The zero-order valence-electron chi connectivity index (χ0n) is 12.2. The van der Waals surface area contributed by atoms with Crippen molar-refractivity contribution in [3.8, 4) is 0 Å². The highest BCUT2D eigenvalue weighted by Gasteiger charge is 2.12. The monoisotopic (exact) mass is 299 g/mol. The number of benzene rings is 1. The number of likely N-dealkylation sites (N-methyl/N-ethyl adjacent to an activating group) is 1. The normalized spacial score (nSPS) is 15.4. The first-order chi connectivity index (χ1) is 9.29. The molecule has 0 saturated heterocycles. The molecule has 0 aromatic heterocycles. The standard InChI is InChI=1S/C14H22NO4P/c1-15(2,3)11-13-19-20(16,17)18-12-7-10-14-8-5-4-6-9-14/h4-10H,11-13H2,1-3H3/b10-7+. The van der Waals surface area contributed by atoms with Gasteiger partial charge in [0.05, 0.1) is 27.7 Å². The lowest BCUT2D eigenvalue weighted by molar-refractivity contribution is -0.870. The number of rotatable bonds is 8. The molecule has 5 nitrogen and oxygen atoms in total. The van der Waals surface area contributed by atoms with Gasteiger partial charge >= 0.3 is 0 Å². The van der Waals surface area contributed by atoms with E-state index in [4.69, 9.17) is 9.05 Å². The highest BCUT2D eigenvalue weighted by atomic mass is 31.2. The molecule has 0 fully saturated rings. The molecule has 0 aliphatic carbocycles. The summed E-state index contributed by atoms with van der Waals surface area (Å²) in [4.78, 5) is 11.5. The summed E-state index contributed by atoms with van der Waals surface area (Å²) in [7, 11) is 1.67. The summed E-state index contributed by atoms with van der Waals surface area (Å²) in [6.45, 7) is 0.683. The maximum atomic E-state index is 11.5. The number of quaternary nitrogens is 1. The molecule has 1 aromatic carbocycles. The Hall–Kier alpha value is -0.970. The quantitative estimate of drug-likeness (QED) is 0.543. The van der Waals surface area contributed by atoms with Crippen molar-refractivity contribution in [3.63, 3.8) is 0 Å². The van der Waals surface area contributed by atoms with Crippen LogP contribution in [0, 0.1) is 0 Å². The lowest BCUT2D eigenvalue weighted by Crippen LogP contribution is -2.37. The van der Waals surface area contributed by atoms with E-state index in [1.807, 2.05) is 51.5 Å². The molecule has 1 aromatic rings. The van der Waals surface area contributed by atoms with Gasteiger partial charge in [-0.15, -0.1) is 0 Å². The SMILES string of the molecule is C[N+](C)(C)CCOP(=O)([O-])OC/C=C/c1ccccc1. The minimum absolute atomic E-state index is 0.0277. The molecule has 0 heterocycles. The van der Waals surface area contributed by atoms with Gasteiger partial charge in [0.1, 0.15) is 13.2 Å². The van der Waals surface area contributed by atoms with Crippen molar-refractivity contribution in [2.75, 3.05) is 40.9 Å². The molecule has 1 atom stereocenters. The Morgan fingerprint density at radius 1 is 1.20 bits per heavy atom. The van der Waals surface area contributed by atoms with Crippen LogP contribution in [0.15, 0.2) is 36.4 Å². The van der Waals surface area contributed by atoms with Crippen molar-refractivity contribution in [1.29, 1.82) is 0 Å². The van der Waals surface area contributed by atoms with Crippen molar-refractivity contribution in [3.05, 3.63) is 42.0 Å². The van der Waals surface area contributed by atoms with Crippen molar-refractivity contribution < 1.29 is 23.0 Å². The van der Waals surface area contributed by atoms with E-state index in [0.29, 0.717) is 11.0 Å². The van der Waals surface area contributed by atoms with E-state index in [1.165, 1.54) is 0 Å². The van der Waals surface area contributed by atoms with Gasteiger partial charge < -0.3 is 18.4 Å². The van der Waals surface area contributed by atoms with Gasteiger partial charge in [0.25, 0.3) is 7.82 Å². The zero-order valence-corrected chi connectivity index (χ0v) is 13.1. The molecule has 20 heavy (non-hydrogen) atoms. The highest BCUT2D eigenvalue weighted by molar-refractivity contribution is 7.45. The summed E-state index contributed by atoms with van der Waals surface area (Å²) in [5, 5.41) is 0. The maximum absolute atomic E-state index is 11.5. The van der Waals surface area contributed by atoms with Gasteiger partial charge in [0.15, 0.2) is 0 Å². The first-order valence-electron chi connectivity index (χ1n) is 6.41. The number of hydrogen-bond acceptors (Lipinski definition) is 4. The predicted molar refractivity (Wildman–Crippen MR) is 77.9 cm³/mol. The first kappa shape index (κ1) is 17.1. The third-order valence-corrected chi connectivity index (χ3v) is 3.41. The van der Waals surface area contributed by atoms with Gasteiger partial charge in [0.2, 0.25) is 0 Å². The van der Waals surface area contributed by atoms with Crippen LogP contribution in [-0.2, 0) is 13.6 Å². The first-order valence-corrected chi connectivity index (χ1v) is 7.87. The third kappa shape index (κ3) is 8.25. The van der Waals surface area contributed by atoms with Gasteiger partial charge in [-0.2, -0.15) is 0 Å². The lowest BCUT2D eigenvalue weighted by atomic mass is 10.2. The predicted octanol–water partition coefficient (Wildman–Crippen LogP) is 1.91. The zero-order chi connectivity index (χ0) is 15.1. The van der Waals surface area contributed by atoms with Crippen LogP contribution in [0.25, 0.3) is 6.08 Å². The minimum atomic E-state index is -4.21. The second-order valence-corrected chi connectivity index (χ2v) is 6.81. The Bertz CT molecular complexity index is 468. The molecule has 0 N–H and O–H groups in total. The molecule has 0 spiro atoms. The summed E-state index contributed by atoms with van der Waals surface area (Å²) < 4.78 is 21.6. The van der Waals surface area contributed by atoms with Gasteiger partial charge in [-0.05, 0) is 5.56 Å². The van der Waals surface area contributed by atoms with Crippen molar-refractivity contribution >= 4 is 13.9 Å². The molecular formula is C14H22NO4P. The summed E-state index contributed by atoms with van der Waals surface area (Å²) in [5.41, 5.74) is 0.989. The summed E-state index contributed by atoms with van der Waals surface area (Å²) in [6.07, 6.45) is 3.44. The van der Waals surface area contributed by atoms with Crippen molar-refractivity contribution in [1.82, 2.24) is 0 Å². The fraction of sp³-hybridized carbons (Fsp3) is 0.429. The van der Waals surface area contributed by atoms with Crippen LogP contribution in [0.2, 0.25) is 0 Å². The van der Waals surface area contributed by atoms with Crippen LogP contribution in [0.3, 0.4) is 0 Å². The van der Waals surface area contributed by atoms with Crippen LogP contribution < -0.4 is 4.89 Å². The Morgan fingerprint density at radius 2 is 1.85 bits per heavy atom. The molecule has 0 radical (unpaired) electrons. The van der Waals surface area contributed by atoms with E-state index in [0.717, 1.165) is 5.56 Å². The molecule has 0 aliphatic rings. The third-order valence-electron chi connectivity index (χ3n) is 2.45. The molecule has 112 valence electrons. The van der Waals surface area contributed by atoms with E-state index >= 15 is 0 Å². The van der Waals surface area contributed by atoms with Gasteiger partial charge in [-0.25, -0.2) is 0 Å². The fourth-order valence-electron chi connectivity index (χ4n) is 1.35. The van der Waals surface area contributed by atoms with Crippen molar-refractivity contribution in [2.45, 2.75) is 0 Å². The number of hydrogen-bond donors (Lipinski definition) is 0. The van der Waals surface area contributed by atoms with Crippen LogP contribution in [-0.4, -0.2) is 45.4 Å². The second kappa shape index (κ2) is 7.72. The molecule has 0 saturated carbocycles. The van der Waals surface area contributed by atoms with Gasteiger partial charge in [0, 0.05) is 0 Å². The average molecular weight is 299 g/mol. The maximum Gasteiger partial charge on any atom is 0.268 e. The van der Waals surface area contributed by atoms with Crippen LogP contribution in [0.5, 0.6) is 0 Å². The smallest absolute Gasteiger partial charge is 0.268 e. The Balaban J connectivity index is 2.29. The van der Waals surface area contributed by atoms with E-state index in [9.17, 15) is 9.46 Å². The Morgan fingerprint density at radius 3 is 2.45 bits per heavy atom. The van der Waals surface area contributed by atoms with E-state index in [2.05, 4.69) is 0 Å². The topological polar surface area (TPSA) is 58.6 Å². The molecule has 6 heteroatoms. The number of phosphoric acid groups is 1. The van der Waals surface area contributed by atoms with E-state index in [1.54, 1.807) is 12.2 Å². The summed E-state index contributed by atoms with van der Waals surface area (Å²) >= 11 is 0. The average Bonchev–Trinajstić information content (AvgIpc) is 2.34. The fourth-order valence-corrected chi connectivity index (χ4v) is 1.99. The largest absolute Gasteiger partial charge is 0.756 e. The minimum Gasteiger partial charge on any atom is -0.756 e. The highest BCUT2D eigenvalue weighted by Crippen LogP contribution is 2.37. The lowest BCUT2D eigenvalue weighted by Gasteiger charge is -2.26. The molecule has 0 bridgehead atoms. The molecule has 0 aliphatic heterocycles. The van der Waals surface area contributed by atoms with E-state index < -0.39 is 7.82 Å². The molecular weight excluding hydrogens is 277 g/mol.